The number of carbonyl (C=O) groups is 1. The molecule has 0 saturated heterocycles. The SMILES string of the molecule is COC(=O)CCCC(C)(C)/C=C\C=C(C)C. The number of esters is 1. The molecule has 0 aromatic rings. The lowest BCUT2D eigenvalue weighted by Gasteiger charge is -2.19. The van der Waals surface area contributed by atoms with Gasteiger partial charge in [-0.2, -0.15) is 0 Å². The van der Waals surface area contributed by atoms with E-state index in [4.69, 9.17) is 0 Å². The fraction of sp³-hybridized carbons (Fsp3) is 0.643. The molecule has 0 aromatic carbocycles. The van der Waals surface area contributed by atoms with Gasteiger partial charge in [-0.1, -0.05) is 37.6 Å². The largest absolute Gasteiger partial charge is 0.469 e. The third-order valence-electron chi connectivity index (χ3n) is 2.41. The number of hydrogen-bond acceptors (Lipinski definition) is 2. The van der Waals surface area contributed by atoms with Crippen molar-refractivity contribution in [2.24, 2.45) is 5.41 Å². The van der Waals surface area contributed by atoms with Crippen molar-refractivity contribution >= 4 is 5.97 Å². The number of allylic oxidation sites excluding steroid dienone is 4. The van der Waals surface area contributed by atoms with Crippen molar-refractivity contribution in [2.75, 3.05) is 7.11 Å². The van der Waals surface area contributed by atoms with Crippen LogP contribution >= 0.6 is 0 Å². The van der Waals surface area contributed by atoms with Crippen molar-refractivity contribution in [3.05, 3.63) is 23.8 Å². The Kier molecular flexibility index (Phi) is 6.78. The van der Waals surface area contributed by atoms with E-state index in [-0.39, 0.29) is 11.4 Å². The van der Waals surface area contributed by atoms with Gasteiger partial charge in [-0.15, -0.1) is 0 Å². The van der Waals surface area contributed by atoms with Gasteiger partial charge in [0.1, 0.15) is 0 Å². The van der Waals surface area contributed by atoms with Crippen LogP contribution in [0, 0.1) is 5.41 Å². The van der Waals surface area contributed by atoms with E-state index in [0.29, 0.717) is 6.42 Å². The first-order chi connectivity index (χ1) is 7.37. The Labute approximate surface area is 99.4 Å². The molecule has 0 aliphatic rings. The Morgan fingerprint density at radius 3 is 2.44 bits per heavy atom. The molecule has 0 saturated carbocycles. The van der Waals surface area contributed by atoms with E-state index in [9.17, 15) is 4.79 Å². The van der Waals surface area contributed by atoms with Gasteiger partial charge in [-0.3, -0.25) is 4.79 Å². The monoisotopic (exact) mass is 224 g/mol. The zero-order chi connectivity index (χ0) is 12.6. The van der Waals surface area contributed by atoms with Crippen LogP contribution in [0.1, 0.15) is 47.0 Å². The summed E-state index contributed by atoms with van der Waals surface area (Å²) >= 11 is 0. The Morgan fingerprint density at radius 1 is 1.31 bits per heavy atom. The number of ether oxygens (including phenoxy) is 1. The zero-order valence-corrected chi connectivity index (χ0v) is 11.2. The summed E-state index contributed by atoms with van der Waals surface area (Å²) in [6.07, 6.45) is 8.76. The minimum Gasteiger partial charge on any atom is -0.469 e. The number of carbonyl (C=O) groups excluding carboxylic acids is 1. The molecular weight excluding hydrogens is 200 g/mol. The fourth-order valence-electron chi connectivity index (χ4n) is 1.37. The van der Waals surface area contributed by atoms with Crippen LogP contribution in [0.2, 0.25) is 0 Å². The molecule has 0 aromatic heterocycles. The topological polar surface area (TPSA) is 26.3 Å². The van der Waals surface area contributed by atoms with Crippen molar-refractivity contribution in [1.82, 2.24) is 0 Å². The van der Waals surface area contributed by atoms with E-state index >= 15 is 0 Å². The second-order valence-corrected chi connectivity index (χ2v) is 5.02. The van der Waals surface area contributed by atoms with Crippen LogP contribution in [-0.4, -0.2) is 13.1 Å². The van der Waals surface area contributed by atoms with E-state index in [1.54, 1.807) is 0 Å². The molecule has 0 aliphatic heterocycles. The molecule has 0 amide bonds. The molecule has 0 aliphatic carbocycles. The second kappa shape index (κ2) is 7.26. The lowest BCUT2D eigenvalue weighted by atomic mass is 9.86. The minimum atomic E-state index is -0.121. The van der Waals surface area contributed by atoms with Gasteiger partial charge >= 0.3 is 5.97 Å². The number of methoxy groups -OCH3 is 1. The first kappa shape index (κ1) is 14.9. The summed E-state index contributed by atoms with van der Waals surface area (Å²) in [6.45, 7) is 8.52. The second-order valence-electron chi connectivity index (χ2n) is 5.02. The van der Waals surface area contributed by atoms with Crippen molar-refractivity contribution < 1.29 is 9.53 Å². The highest BCUT2D eigenvalue weighted by Gasteiger charge is 2.13. The average Bonchev–Trinajstić information content (AvgIpc) is 2.16. The van der Waals surface area contributed by atoms with Crippen LogP contribution in [0.4, 0.5) is 0 Å². The summed E-state index contributed by atoms with van der Waals surface area (Å²) in [7, 11) is 1.43. The molecule has 92 valence electrons. The maximum atomic E-state index is 11.0. The molecule has 0 bridgehead atoms. The van der Waals surface area contributed by atoms with Crippen LogP contribution in [0.25, 0.3) is 0 Å². The molecular formula is C14H24O2. The van der Waals surface area contributed by atoms with Gasteiger partial charge in [-0.05, 0) is 32.1 Å². The maximum Gasteiger partial charge on any atom is 0.305 e. The molecule has 0 radical (unpaired) electrons. The van der Waals surface area contributed by atoms with E-state index in [2.05, 4.69) is 50.7 Å². The minimum absolute atomic E-state index is 0.121. The maximum absolute atomic E-state index is 11.0. The molecule has 2 nitrogen and oxygen atoms in total. The highest BCUT2D eigenvalue weighted by atomic mass is 16.5. The molecule has 0 fully saturated rings. The van der Waals surface area contributed by atoms with E-state index in [0.717, 1.165) is 12.8 Å². The molecule has 0 N–H and O–H groups in total. The standard InChI is InChI=1S/C14H24O2/c1-12(2)8-6-10-14(3,4)11-7-9-13(15)16-5/h6,8,10H,7,9,11H2,1-5H3/b10-6-. The summed E-state index contributed by atoms with van der Waals surface area (Å²) in [4.78, 5) is 11.0. The quantitative estimate of drug-likeness (QED) is 0.505. The van der Waals surface area contributed by atoms with Gasteiger partial charge in [0.15, 0.2) is 0 Å². The average molecular weight is 224 g/mol. The molecule has 0 atom stereocenters. The highest BCUT2D eigenvalue weighted by Crippen LogP contribution is 2.25. The van der Waals surface area contributed by atoms with Crippen molar-refractivity contribution in [3.63, 3.8) is 0 Å². The van der Waals surface area contributed by atoms with Crippen LogP contribution in [-0.2, 0) is 9.53 Å². The molecule has 16 heavy (non-hydrogen) atoms. The fourth-order valence-corrected chi connectivity index (χ4v) is 1.37. The first-order valence-electron chi connectivity index (χ1n) is 5.77. The van der Waals surface area contributed by atoms with Gasteiger partial charge in [0.25, 0.3) is 0 Å². The first-order valence-corrected chi connectivity index (χ1v) is 5.77. The smallest absolute Gasteiger partial charge is 0.305 e. The van der Waals surface area contributed by atoms with Crippen LogP contribution in [0.3, 0.4) is 0 Å². The van der Waals surface area contributed by atoms with Gasteiger partial charge in [0, 0.05) is 6.42 Å². The predicted molar refractivity (Wildman–Crippen MR) is 68.2 cm³/mol. The van der Waals surface area contributed by atoms with Gasteiger partial charge in [0.05, 0.1) is 7.11 Å². The summed E-state index contributed by atoms with van der Waals surface area (Å²) in [6, 6.07) is 0. The molecule has 0 rings (SSSR count). The van der Waals surface area contributed by atoms with Crippen molar-refractivity contribution in [3.8, 4) is 0 Å². The number of hydrogen-bond donors (Lipinski definition) is 0. The summed E-state index contributed by atoms with van der Waals surface area (Å²) in [5, 5.41) is 0. The third kappa shape index (κ3) is 8.27. The third-order valence-corrected chi connectivity index (χ3v) is 2.41. The summed E-state index contributed by atoms with van der Waals surface area (Å²) in [5.74, 6) is -0.121. The van der Waals surface area contributed by atoms with Crippen molar-refractivity contribution in [2.45, 2.75) is 47.0 Å². The molecule has 2 heteroatoms. The van der Waals surface area contributed by atoms with Crippen LogP contribution < -0.4 is 0 Å². The molecule has 0 spiro atoms. The Hall–Kier alpha value is -1.05. The van der Waals surface area contributed by atoms with Gasteiger partial charge in [-0.25, -0.2) is 0 Å². The Morgan fingerprint density at radius 2 is 1.94 bits per heavy atom. The highest BCUT2D eigenvalue weighted by molar-refractivity contribution is 5.68. The van der Waals surface area contributed by atoms with Crippen LogP contribution in [0.5, 0.6) is 0 Å². The summed E-state index contributed by atoms with van der Waals surface area (Å²) in [5.41, 5.74) is 1.43. The predicted octanol–water partition coefficient (Wildman–Crippen LogP) is 3.88. The molecule has 0 unspecified atom stereocenters. The van der Waals surface area contributed by atoms with Crippen molar-refractivity contribution in [1.29, 1.82) is 0 Å². The lowest BCUT2D eigenvalue weighted by Crippen LogP contribution is -2.09. The van der Waals surface area contributed by atoms with E-state index < -0.39 is 0 Å². The summed E-state index contributed by atoms with van der Waals surface area (Å²) < 4.78 is 4.61. The van der Waals surface area contributed by atoms with Gasteiger partial charge < -0.3 is 4.74 Å². The van der Waals surface area contributed by atoms with Crippen LogP contribution in [0.15, 0.2) is 23.8 Å². The van der Waals surface area contributed by atoms with Gasteiger partial charge in [0.2, 0.25) is 0 Å². The lowest BCUT2D eigenvalue weighted by molar-refractivity contribution is -0.140. The zero-order valence-electron chi connectivity index (χ0n) is 11.2. The normalized spacial score (nSPS) is 11.6. The van der Waals surface area contributed by atoms with E-state index in [1.165, 1.54) is 12.7 Å². The Balaban J connectivity index is 4.00. The Bertz CT molecular complexity index is 268. The number of rotatable bonds is 6. The van der Waals surface area contributed by atoms with E-state index in [1.807, 2.05) is 0 Å². The molecule has 0 heterocycles.